The van der Waals surface area contributed by atoms with Gasteiger partial charge in [0.05, 0.1) is 10.4 Å². The molecule has 2 aromatic rings. The van der Waals surface area contributed by atoms with E-state index in [2.05, 4.69) is 0 Å². The number of hydrogen-bond acceptors (Lipinski definition) is 4. The molecule has 0 fully saturated rings. The summed E-state index contributed by atoms with van der Waals surface area (Å²) in [6.45, 7) is 1.28. The van der Waals surface area contributed by atoms with Gasteiger partial charge in [-0.25, -0.2) is 13.2 Å². The average Bonchev–Trinajstić information content (AvgIpc) is 2.59. The molecule has 0 saturated carbocycles. The maximum absolute atomic E-state index is 11.4. The van der Waals surface area contributed by atoms with E-state index in [-0.39, 0.29) is 4.90 Å². The first kappa shape index (κ1) is 11.7. The zero-order valence-corrected chi connectivity index (χ0v) is 10.2. The van der Waals surface area contributed by atoms with Crippen molar-refractivity contribution in [3.05, 3.63) is 30.5 Å². The molecule has 5 nitrogen and oxygen atoms in total. The average molecular weight is 253 g/mol. The molecule has 0 aliphatic rings. The van der Waals surface area contributed by atoms with Crippen molar-refractivity contribution in [2.45, 2.75) is 11.8 Å². The number of carbonyl (C=O) groups is 1. The minimum absolute atomic E-state index is 0.192. The predicted molar refractivity (Wildman–Crippen MR) is 62.3 cm³/mol. The molecule has 0 aliphatic carbocycles. The van der Waals surface area contributed by atoms with E-state index in [1.165, 1.54) is 23.8 Å². The molecule has 0 bridgehead atoms. The molecule has 1 aromatic heterocycles. The summed E-state index contributed by atoms with van der Waals surface area (Å²) in [7, 11) is -3.27. The van der Waals surface area contributed by atoms with Gasteiger partial charge in [-0.2, -0.15) is 4.73 Å². The van der Waals surface area contributed by atoms with Gasteiger partial charge in [-0.15, -0.1) is 0 Å². The quantitative estimate of drug-likeness (QED) is 0.801. The molecule has 0 spiro atoms. The predicted octanol–water partition coefficient (Wildman–Crippen LogP) is 1.02. The standard InChI is InChI=1S/C11H11NO4S/c1-8(13)16-12-6-5-9-3-4-10(7-11(9)12)17(2,14)15/h3-7H,1-2H3. The number of nitrogens with zero attached hydrogens (tertiary/aromatic N) is 1. The Labute approximate surface area is 98.5 Å². The summed E-state index contributed by atoms with van der Waals surface area (Å²) in [6, 6.07) is 6.42. The van der Waals surface area contributed by atoms with Gasteiger partial charge in [-0.3, -0.25) is 0 Å². The minimum Gasteiger partial charge on any atom is -0.337 e. The summed E-state index contributed by atoms with van der Waals surface area (Å²) in [5.74, 6) is -0.466. The Morgan fingerprint density at radius 1 is 1.29 bits per heavy atom. The maximum atomic E-state index is 11.4. The highest BCUT2D eigenvalue weighted by molar-refractivity contribution is 7.90. The molecule has 0 aliphatic heterocycles. The number of fused-ring (bicyclic) bond motifs is 1. The van der Waals surface area contributed by atoms with Crippen molar-refractivity contribution in [3.8, 4) is 0 Å². The summed E-state index contributed by atoms with van der Waals surface area (Å²) in [5.41, 5.74) is 0.545. The van der Waals surface area contributed by atoms with Crippen molar-refractivity contribution >= 4 is 26.7 Å². The first-order chi connectivity index (χ1) is 7.88. The fourth-order valence-corrected chi connectivity index (χ4v) is 2.17. The lowest BCUT2D eigenvalue weighted by Crippen LogP contribution is -2.15. The lowest BCUT2D eigenvalue weighted by molar-refractivity contribution is -0.140. The normalized spacial score (nSPS) is 11.6. The van der Waals surface area contributed by atoms with E-state index < -0.39 is 15.8 Å². The van der Waals surface area contributed by atoms with Gasteiger partial charge in [-0.1, -0.05) is 6.07 Å². The van der Waals surface area contributed by atoms with Crippen molar-refractivity contribution in [3.63, 3.8) is 0 Å². The molecule has 0 atom stereocenters. The highest BCUT2D eigenvalue weighted by atomic mass is 32.2. The molecule has 6 heteroatoms. The number of rotatable bonds is 2. The molecule has 0 amide bonds. The first-order valence-electron chi connectivity index (χ1n) is 4.88. The molecule has 0 saturated heterocycles. The van der Waals surface area contributed by atoms with Gasteiger partial charge < -0.3 is 4.84 Å². The number of hydrogen-bond donors (Lipinski definition) is 0. The first-order valence-corrected chi connectivity index (χ1v) is 6.77. The molecule has 0 radical (unpaired) electrons. The Hall–Kier alpha value is -1.82. The summed E-state index contributed by atoms with van der Waals surface area (Å²) < 4.78 is 24.1. The van der Waals surface area contributed by atoms with E-state index >= 15 is 0 Å². The van der Waals surface area contributed by atoms with Gasteiger partial charge >= 0.3 is 5.97 Å². The van der Waals surface area contributed by atoms with Gasteiger partial charge in [0.15, 0.2) is 9.84 Å². The Morgan fingerprint density at radius 3 is 2.59 bits per heavy atom. The Kier molecular flexibility index (Phi) is 2.66. The summed E-state index contributed by atoms with van der Waals surface area (Å²) >= 11 is 0. The third kappa shape index (κ3) is 2.31. The summed E-state index contributed by atoms with van der Waals surface area (Å²) in [4.78, 5) is 16.0. The lowest BCUT2D eigenvalue weighted by atomic mass is 10.2. The van der Waals surface area contributed by atoms with Gasteiger partial charge in [0.2, 0.25) is 0 Å². The van der Waals surface area contributed by atoms with E-state index in [1.807, 2.05) is 0 Å². The van der Waals surface area contributed by atoms with Crippen LogP contribution in [0.3, 0.4) is 0 Å². The van der Waals surface area contributed by atoms with Crippen LogP contribution < -0.4 is 4.84 Å². The van der Waals surface area contributed by atoms with E-state index in [0.717, 1.165) is 11.6 Å². The van der Waals surface area contributed by atoms with Crippen LogP contribution in [0.1, 0.15) is 6.92 Å². The summed E-state index contributed by atoms with van der Waals surface area (Å²) in [6.07, 6.45) is 2.70. The molecule has 17 heavy (non-hydrogen) atoms. The smallest absolute Gasteiger partial charge is 0.329 e. The number of aromatic nitrogens is 1. The van der Waals surface area contributed by atoms with Crippen molar-refractivity contribution < 1.29 is 18.0 Å². The van der Waals surface area contributed by atoms with Crippen LogP contribution in [0.25, 0.3) is 10.9 Å². The third-order valence-electron chi connectivity index (χ3n) is 2.28. The largest absolute Gasteiger partial charge is 0.337 e. The number of carbonyl (C=O) groups excluding carboxylic acids is 1. The maximum Gasteiger partial charge on any atom is 0.329 e. The van der Waals surface area contributed by atoms with Crippen LogP contribution in [-0.2, 0) is 14.6 Å². The van der Waals surface area contributed by atoms with Crippen LogP contribution in [0, 0.1) is 0 Å². The molecule has 1 aromatic carbocycles. The van der Waals surface area contributed by atoms with Crippen LogP contribution in [0.2, 0.25) is 0 Å². The van der Waals surface area contributed by atoms with Crippen molar-refractivity contribution in [1.82, 2.24) is 4.73 Å². The van der Waals surface area contributed by atoms with Gasteiger partial charge in [0.1, 0.15) is 0 Å². The monoisotopic (exact) mass is 253 g/mol. The second-order valence-corrected chi connectivity index (χ2v) is 5.73. The fraction of sp³-hybridized carbons (Fsp3) is 0.182. The molecule has 0 unspecified atom stereocenters. The highest BCUT2D eigenvalue weighted by Gasteiger charge is 2.10. The van der Waals surface area contributed by atoms with E-state index in [4.69, 9.17) is 4.84 Å². The van der Waals surface area contributed by atoms with Crippen LogP contribution >= 0.6 is 0 Å². The molecular formula is C11H11NO4S. The topological polar surface area (TPSA) is 65.4 Å². The molecule has 1 heterocycles. The Morgan fingerprint density at radius 2 is 2.00 bits per heavy atom. The minimum atomic E-state index is -3.27. The fourth-order valence-electron chi connectivity index (χ4n) is 1.53. The van der Waals surface area contributed by atoms with E-state index in [1.54, 1.807) is 18.3 Å². The van der Waals surface area contributed by atoms with Crippen LogP contribution in [0.4, 0.5) is 0 Å². The van der Waals surface area contributed by atoms with Gasteiger partial charge in [0, 0.05) is 24.8 Å². The summed E-state index contributed by atoms with van der Waals surface area (Å²) in [5, 5.41) is 0.804. The second kappa shape index (κ2) is 3.89. The highest BCUT2D eigenvalue weighted by Crippen LogP contribution is 2.19. The lowest BCUT2D eigenvalue weighted by Gasteiger charge is -2.04. The Balaban J connectivity index is 2.62. The second-order valence-electron chi connectivity index (χ2n) is 3.72. The molecular weight excluding hydrogens is 242 g/mol. The number of sulfone groups is 1. The van der Waals surface area contributed by atoms with Crippen LogP contribution in [0.5, 0.6) is 0 Å². The zero-order valence-electron chi connectivity index (χ0n) is 9.38. The van der Waals surface area contributed by atoms with Crippen molar-refractivity contribution in [1.29, 1.82) is 0 Å². The Bertz CT molecular complexity index is 685. The van der Waals surface area contributed by atoms with E-state index in [9.17, 15) is 13.2 Å². The third-order valence-corrected chi connectivity index (χ3v) is 3.39. The van der Waals surface area contributed by atoms with Gasteiger partial charge in [-0.05, 0) is 18.2 Å². The molecule has 2 rings (SSSR count). The molecule has 90 valence electrons. The molecule has 0 N–H and O–H groups in total. The van der Waals surface area contributed by atoms with Crippen LogP contribution in [0.15, 0.2) is 35.4 Å². The SMILES string of the molecule is CC(=O)On1ccc2ccc(S(C)(=O)=O)cc21. The zero-order chi connectivity index (χ0) is 12.6. The van der Waals surface area contributed by atoms with Crippen molar-refractivity contribution in [2.75, 3.05) is 6.26 Å². The number of benzene rings is 1. The van der Waals surface area contributed by atoms with Gasteiger partial charge in [0.25, 0.3) is 0 Å². The van der Waals surface area contributed by atoms with Crippen molar-refractivity contribution in [2.24, 2.45) is 0 Å². The van der Waals surface area contributed by atoms with Crippen LogP contribution in [-0.4, -0.2) is 25.4 Å². The van der Waals surface area contributed by atoms with E-state index in [0.29, 0.717) is 5.52 Å².